The van der Waals surface area contributed by atoms with Gasteiger partial charge < -0.3 is 15.4 Å². The molecule has 0 bridgehead atoms. The second-order valence-electron chi connectivity index (χ2n) is 7.86. The second kappa shape index (κ2) is 8.52. The van der Waals surface area contributed by atoms with Gasteiger partial charge in [-0.2, -0.15) is 0 Å². The summed E-state index contributed by atoms with van der Waals surface area (Å²) in [7, 11) is 1.82. The van der Waals surface area contributed by atoms with Crippen LogP contribution in [0, 0.1) is 18.3 Å². The van der Waals surface area contributed by atoms with Crippen molar-refractivity contribution >= 4 is 5.96 Å². The van der Waals surface area contributed by atoms with Gasteiger partial charge in [-0.3, -0.25) is 4.99 Å². The Bertz CT molecular complexity index is 548. The van der Waals surface area contributed by atoms with Gasteiger partial charge in [0.25, 0.3) is 0 Å². The van der Waals surface area contributed by atoms with Crippen molar-refractivity contribution in [3.8, 4) is 0 Å². The third-order valence-corrected chi connectivity index (χ3v) is 4.60. The van der Waals surface area contributed by atoms with Crippen molar-refractivity contribution in [2.75, 3.05) is 20.2 Å². The summed E-state index contributed by atoms with van der Waals surface area (Å²) < 4.78 is 6.06. The SMILES string of the molecule is CN=C(NCc1cccc(C)c1)NCC1CCCOC1C(C)(C)C. The van der Waals surface area contributed by atoms with Gasteiger partial charge in [-0.25, -0.2) is 0 Å². The van der Waals surface area contributed by atoms with Crippen LogP contribution < -0.4 is 10.6 Å². The van der Waals surface area contributed by atoms with E-state index < -0.39 is 0 Å². The molecule has 24 heavy (non-hydrogen) atoms. The summed E-state index contributed by atoms with van der Waals surface area (Å²) in [6.07, 6.45) is 2.66. The molecule has 4 nitrogen and oxygen atoms in total. The summed E-state index contributed by atoms with van der Waals surface area (Å²) in [5.74, 6) is 1.38. The van der Waals surface area contributed by atoms with Crippen molar-refractivity contribution in [2.24, 2.45) is 16.3 Å². The van der Waals surface area contributed by atoms with E-state index >= 15 is 0 Å². The molecule has 0 aromatic heterocycles. The van der Waals surface area contributed by atoms with Crippen LogP contribution in [0.2, 0.25) is 0 Å². The lowest BCUT2D eigenvalue weighted by Gasteiger charge is -2.40. The highest BCUT2D eigenvalue weighted by Crippen LogP contribution is 2.33. The lowest BCUT2D eigenvalue weighted by molar-refractivity contribution is -0.0835. The van der Waals surface area contributed by atoms with Crippen LogP contribution in [0.3, 0.4) is 0 Å². The van der Waals surface area contributed by atoms with E-state index in [9.17, 15) is 0 Å². The number of ether oxygens (including phenoxy) is 1. The van der Waals surface area contributed by atoms with Gasteiger partial charge in [0.2, 0.25) is 0 Å². The quantitative estimate of drug-likeness (QED) is 0.656. The molecule has 1 fully saturated rings. The fourth-order valence-corrected chi connectivity index (χ4v) is 3.47. The second-order valence-corrected chi connectivity index (χ2v) is 7.86. The predicted molar refractivity (Wildman–Crippen MR) is 101 cm³/mol. The van der Waals surface area contributed by atoms with Crippen LogP contribution in [-0.2, 0) is 11.3 Å². The van der Waals surface area contributed by atoms with E-state index in [0.717, 1.165) is 32.1 Å². The first-order chi connectivity index (χ1) is 11.4. The summed E-state index contributed by atoms with van der Waals surface area (Å²) in [6, 6.07) is 8.55. The predicted octanol–water partition coefficient (Wildman–Crippen LogP) is 3.50. The first-order valence-electron chi connectivity index (χ1n) is 9.02. The average Bonchev–Trinajstić information content (AvgIpc) is 2.54. The molecule has 2 rings (SSSR count). The molecule has 1 saturated heterocycles. The number of rotatable bonds is 4. The van der Waals surface area contributed by atoms with Crippen LogP contribution in [-0.4, -0.2) is 32.3 Å². The zero-order chi connectivity index (χ0) is 17.6. The lowest BCUT2D eigenvalue weighted by Crippen LogP contribution is -2.47. The molecule has 4 heteroatoms. The maximum atomic E-state index is 6.06. The third kappa shape index (κ3) is 5.52. The molecule has 2 N–H and O–H groups in total. The molecule has 0 saturated carbocycles. The molecule has 1 aromatic carbocycles. The molecule has 0 radical (unpaired) electrons. The van der Waals surface area contributed by atoms with Crippen LogP contribution in [0.1, 0.15) is 44.7 Å². The minimum atomic E-state index is 0.172. The molecular weight excluding hydrogens is 298 g/mol. The third-order valence-electron chi connectivity index (χ3n) is 4.60. The monoisotopic (exact) mass is 331 g/mol. The molecule has 2 unspecified atom stereocenters. The number of aryl methyl sites for hydroxylation is 1. The van der Waals surface area contributed by atoms with Crippen molar-refractivity contribution in [1.82, 2.24) is 10.6 Å². The summed E-state index contributed by atoms with van der Waals surface area (Å²) in [5.41, 5.74) is 2.72. The minimum Gasteiger partial charge on any atom is -0.377 e. The van der Waals surface area contributed by atoms with E-state index in [2.05, 4.69) is 67.6 Å². The Labute approximate surface area is 147 Å². The Hall–Kier alpha value is -1.55. The van der Waals surface area contributed by atoms with Crippen LogP contribution in [0.4, 0.5) is 0 Å². The smallest absolute Gasteiger partial charge is 0.191 e. The first-order valence-corrected chi connectivity index (χ1v) is 9.02. The zero-order valence-electron chi connectivity index (χ0n) is 15.9. The Morgan fingerprint density at radius 3 is 2.75 bits per heavy atom. The summed E-state index contributed by atoms with van der Waals surface area (Å²) in [6.45, 7) is 11.5. The minimum absolute atomic E-state index is 0.172. The van der Waals surface area contributed by atoms with E-state index in [1.165, 1.54) is 17.5 Å². The van der Waals surface area contributed by atoms with Crippen molar-refractivity contribution < 1.29 is 4.74 Å². The highest BCUT2D eigenvalue weighted by molar-refractivity contribution is 5.79. The van der Waals surface area contributed by atoms with Crippen molar-refractivity contribution in [3.05, 3.63) is 35.4 Å². The number of hydrogen-bond acceptors (Lipinski definition) is 2. The number of benzene rings is 1. The summed E-state index contributed by atoms with van der Waals surface area (Å²) in [5, 5.41) is 6.89. The number of nitrogens with one attached hydrogen (secondary N) is 2. The normalized spacial score (nSPS) is 22.3. The van der Waals surface area contributed by atoms with Gasteiger partial charge in [0.1, 0.15) is 0 Å². The van der Waals surface area contributed by atoms with E-state index in [4.69, 9.17) is 4.74 Å². The largest absolute Gasteiger partial charge is 0.377 e. The summed E-state index contributed by atoms with van der Waals surface area (Å²) in [4.78, 5) is 4.35. The molecule has 1 aliphatic rings. The topological polar surface area (TPSA) is 45.7 Å². The Balaban J connectivity index is 1.86. The number of aliphatic imine (C=N–C) groups is 1. The Kier molecular flexibility index (Phi) is 6.67. The standard InChI is InChI=1S/C20H33N3O/c1-15-8-6-9-16(12-15)13-22-19(21-5)23-14-17-10-7-11-24-18(17)20(2,3)4/h6,8-9,12,17-18H,7,10-11,13-14H2,1-5H3,(H2,21,22,23). The molecule has 134 valence electrons. The van der Waals surface area contributed by atoms with Crippen molar-refractivity contribution in [2.45, 2.75) is 53.2 Å². The number of hydrogen-bond donors (Lipinski definition) is 2. The van der Waals surface area contributed by atoms with Gasteiger partial charge in [-0.1, -0.05) is 50.6 Å². The van der Waals surface area contributed by atoms with Crippen LogP contribution >= 0.6 is 0 Å². The van der Waals surface area contributed by atoms with E-state index in [0.29, 0.717) is 12.0 Å². The number of guanidine groups is 1. The average molecular weight is 332 g/mol. The van der Waals surface area contributed by atoms with Crippen molar-refractivity contribution in [3.63, 3.8) is 0 Å². The number of nitrogens with zero attached hydrogens (tertiary/aromatic N) is 1. The summed E-state index contributed by atoms with van der Waals surface area (Å²) >= 11 is 0. The first kappa shape index (κ1) is 18.8. The fourth-order valence-electron chi connectivity index (χ4n) is 3.47. The van der Waals surface area contributed by atoms with Gasteiger partial charge >= 0.3 is 0 Å². The Morgan fingerprint density at radius 2 is 2.08 bits per heavy atom. The van der Waals surface area contributed by atoms with Crippen LogP contribution in [0.5, 0.6) is 0 Å². The van der Waals surface area contributed by atoms with E-state index in [1.807, 2.05) is 7.05 Å². The van der Waals surface area contributed by atoms with E-state index in [1.54, 1.807) is 0 Å². The Morgan fingerprint density at radius 1 is 1.29 bits per heavy atom. The van der Waals surface area contributed by atoms with Gasteiger partial charge in [0.15, 0.2) is 5.96 Å². The molecule has 1 heterocycles. The van der Waals surface area contributed by atoms with Crippen LogP contribution in [0.25, 0.3) is 0 Å². The highest BCUT2D eigenvalue weighted by atomic mass is 16.5. The maximum absolute atomic E-state index is 6.06. The van der Waals surface area contributed by atoms with Gasteiger partial charge in [-0.05, 0) is 30.7 Å². The molecule has 0 amide bonds. The maximum Gasteiger partial charge on any atom is 0.191 e. The molecule has 2 atom stereocenters. The van der Waals surface area contributed by atoms with Gasteiger partial charge in [-0.15, -0.1) is 0 Å². The zero-order valence-corrected chi connectivity index (χ0v) is 15.9. The fraction of sp³-hybridized carbons (Fsp3) is 0.650. The lowest BCUT2D eigenvalue weighted by atomic mass is 9.78. The van der Waals surface area contributed by atoms with Crippen molar-refractivity contribution in [1.29, 1.82) is 0 Å². The molecule has 1 aliphatic heterocycles. The molecule has 1 aromatic rings. The van der Waals surface area contributed by atoms with E-state index in [-0.39, 0.29) is 5.41 Å². The molecule has 0 aliphatic carbocycles. The molecular formula is C20H33N3O. The highest BCUT2D eigenvalue weighted by Gasteiger charge is 2.35. The molecule has 0 spiro atoms. The van der Waals surface area contributed by atoms with Gasteiger partial charge in [0, 0.05) is 32.7 Å². The van der Waals surface area contributed by atoms with Gasteiger partial charge in [0.05, 0.1) is 6.10 Å². The van der Waals surface area contributed by atoms with Crippen LogP contribution in [0.15, 0.2) is 29.3 Å².